The molecule has 4 aliphatic rings. The second kappa shape index (κ2) is 8.83. The van der Waals surface area contributed by atoms with Gasteiger partial charge in [0.15, 0.2) is 11.6 Å². The van der Waals surface area contributed by atoms with Crippen molar-refractivity contribution < 1.29 is 9.59 Å². The van der Waals surface area contributed by atoms with Crippen LogP contribution < -0.4 is 0 Å². The Labute approximate surface area is 215 Å². The van der Waals surface area contributed by atoms with E-state index in [0.29, 0.717) is 0 Å². The molecule has 0 atom stereocenters. The number of fused-ring (bicyclic) bond motifs is 2. The van der Waals surface area contributed by atoms with Crippen LogP contribution in [0.2, 0.25) is 0 Å². The summed E-state index contributed by atoms with van der Waals surface area (Å²) in [7, 11) is 0. The van der Waals surface area contributed by atoms with Crippen molar-refractivity contribution >= 4 is 22.7 Å². The highest BCUT2D eigenvalue weighted by Crippen LogP contribution is 2.51. The van der Waals surface area contributed by atoms with E-state index in [-0.39, 0.29) is 22.4 Å². The molecule has 0 bridgehead atoms. The maximum atomic E-state index is 13.8. The van der Waals surface area contributed by atoms with Gasteiger partial charge in [-0.2, -0.15) is 0 Å². The van der Waals surface area contributed by atoms with Gasteiger partial charge in [-0.25, -0.2) is 0 Å². The highest BCUT2D eigenvalue weighted by atomic mass is 16.1. The number of allylic oxidation sites excluding steroid dienone is 6. The number of benzene rings is 2. The number of Topliss-reactive ketones (excluding diaryl/α,β-unsaturated/α-hetero) is 2. The average Bonchev–Trinajstić information content (AvgIpc) is 2.90. The SMILES string of the molecule is CC1(C2=C/C(=C3/C=C(C4(C)CCCCC4)C(=O)c4ccccc43)c3ccccc3C2=O)CCCCC1. The smallest absolute Gasteiger partial charge is 0.190 e. The monoisotopic (exact) mass is 476 g/mol. The molecule has 2 aromatic rings. The molecule has 0 unspecified atom stereocenters. The van der Waals surface area contributed by atoms with Crippen molar-refractivity contribution in [2.45, 2.75) is 78.1 Å². The molecule has 2 saturated carbocycles. The zero-order valence-corrected chi connectivity index (χ0v) is 21.7. The molecule has 0 saturated heterocycles. The number of ketones is 2. The normalized spacial score (nSPS) is 24.9. The number of hydrogen-bond acceptors (Lipinski definition) is 2. The first-order valence-corrected chi connectivity index (χ1v) is 13.9. The Morgan fingerprint density at radius 3 is 1.19 bits per heavy atom. The summed E-state index contributed by atoms with van der Waals surface area (Å²) < 4.78 is 0. The second-order valence-electron chi connectivity index (χ2n) is 11.9. The third-order valence-electron chi connectivity index (χ3n) is 9.50. The van der Waals surface area contributed by atoms with Crippen molar-refractivity contribution in [1.29, 1.82) is 0 Å². The van der Waals surface area contributed by atoms with Crippen LogP contribution in [0.25, 0.3) is 11.1 Å². The number of carbonyl (C=O) groups excluding carboxylic acids is 2. The first-order valence-electron chi connectivity index (χ1n) is 13.9. The maximum absolute atomic E-state index is 13.8. The molecule has 2 fully saturated rings. The van der Waals surface area contributed by atoms with Crippen LogP contribution in [-0.4, -0.2) is 11.6 Å². The highest BCUT2D eigenvalue weighted by molar-refractivity contribution is 6.23. The van der Waals surface area contributed by atoms with E-state index in [1.165, 1.54) is 38.5 Å². The lowest BCUT2D eigenvalue weighted by Crippen LogP contribution is -2.31. The molecule has 2 heteroatoms. The van der Waals surface area contributed by atoms with Crippen molar-refractivity contribution in [3.05, 3.63) is 94.1 Å². The van der Waals surface area contributed by atoms with Crippen molar-refractivity contribution in [3.63, 3.8) is 0 Å². The molecule has 0 aromatic heterocycles. The minimum Gasteiger partial charge on any atom is -0.289 e. The summed E-state index contributed by atoms with van der Waals surface area (Å²) in [5.74, 6) is 0.367. The summed E-state index contributed by atoms with van der Waals surface area (Å²) in [4.78, 5) is 27.7. The summed E-state index contributed by atoms with van der Waals surface area (Å²) in [6, 6.07) is 16.2. The lowest BCUT2D eigenvalue weighted by molar-refractivity contribution is 0.0978. The molecule has 0 heterocycles. The molecule has 2 aromatic carbocycles. The Balaban J connectivity index is 1.63. The first-order chi connectivity index (χ1) is 17.4. The number of rotatable bonds is 2. The van der Waals surface area contributed by atoms with Crippen LogP contribution in [0, 0.1) is 10.8 Å². The summed E-state index contributed by atoms with van der Waals surface area (Å²) in [6.45, 7) is 4.57. The van der Waals surface area contributed by atoms with Crippen LogP contribution in [0.3, 0.4) is 0 Å². The van der Waals surface area contributed by atoms with Gasteiger partial charge in [0.2, 0.25) is 0 Å². The Morgan fingerprint density at radius 2 is 0.833 bits per heavy atom. The number of carbonyl (C=O) groups is 2. The van der Waals surface area contributed by atoms with Gasteiger partial charge in [-0.05, 0) is 70.9 Å². The molecular formula is C34H36O2. The van der Waals surface area contributed by atoms with Crippen molar-refractivity contribution in [3.8, 4) is 0 Å². The molecule has 36 heavy (non-hydrogen) atoms. The van der Waals surface area contributed by atoms with E-state index in [2.05, 4.69) is 38.1 Å². The Hall–Kier alpha value is -3.00. The Kier molecular flexibility index (Phi) is 5.74. The van der Waals surface area contributed by atoms with Crippen LogP contribution in [-0.2, 0) is 0 Å². The first kappa shape index (κ1) is 23.4. The lowest BCUT2D eigenvalue weighted by Gasteiger charge is -2.39. The molecule has 0 aliphatic heterocycles. The van der Waals surface area contributed by atoms with Gasteiger partial charge in [-0.15, -0.1) is 0 Å². The molecule has 0 radical (unpaired) electrons. The zero-order chi connectivity index (χ0) is 24.9. The standard InChI is InChI=1S/C34H36O2/c1-33(17-9-3-10-18-33)29-21-27(23-13-5-7-15-25(23)31(29)35)28-22-30(34(2)19-11-4-12-20-34)32(36)26-16-8-6-14-24(26)28/h5-8,13-16,21-22H,3-4,9-12,17-20H2,1-2H3/b28-27+. The van der Waals surface area contributed by atoms with Gasteiger partial charge in [-0.3, -0.25) is 9.59 Å². The highest BCUT2D eigenvalue weighted by Gasteiger charge is 2.41. The van der Waals surface area contributed by atoms with E-state index < -0.39 is 0 Å². The third kappa shape index (κ3) is 3.69. The van der Waals surface area contributed by atoms with Crippen LogP contribution in [0.4, 0.5) is 0 Å². The van der Waals surface area contributed by atoms with Crippen molar-refractivity contribution in [1.82, 2.24) is 0 Å². The van der Waals surface area contributed by atoms with E-state index in [0.717, 1.165) is 70.2 Å². The average molecular weight is 477 g/mol. The molecule has 0 N–H and O–H groups in total. The van der Waals surface area contributed by atoms with E-state index in [1.54, 1.807) is 0 Å². The van der Waals surface area contributed by atoms with Gasteiger partial charge in [0.25, 0.3) is 0 Å². The zero-order valence-electron chi connectivity index (χ0n) is 21.7. The summed E-state index contributed by atoms with van der Waals surface area (Å²) >= 11 is 0. The van der Waals surface area contributed by atoms with E-state index in [1.807, 2.05) is 36.4 Å². The van der Waals surface area contributed by atoms with E-state index in [4.69, 9.17) is 0 Å². The second-order valence-corrected chi connectivity index (χ2v) is 11.9. The molecule has 4 aliphatic carbocycles. The molecule has 2 nitrogen and oxygen atoms in total. The van der Waals surface area contributed by atoms with Gasteiger partial charge < -0.3 is 0 Å². The minimum atomic E-state index is -0.0967. The molecule has 184 valence electrons. The fourth-order valence-electron chi connectivity index (χ4n) is 7.24. The molecule has 6 rings (SSSR count). The summed E-state index contributed by atoms with van der Waals surface area (Å²) in [5.41, 5.74) is 7.51. The predicted octanol–water partition coefficient (Wildman–Crippen LogP) is 8.78. The third-order valence-corrected chi connectivity index (χ3v) is 9.50. The van der Waals surface area contributed by atoms with Crippen molar-refractivity contribution in [2.24, 2.45) is 10.8 Å². The lowest BCUT2D eigenvalue weighted by atomic mass is 9.64. The topological polar surface area (TPSA) is 34.1 Å². The predicted molar refractivity (Wildman–Crippen MR) is 147 cm³/mol. The summed E-state index contributed by atoms with van der Waals surface area (Å²) in [6.07, 6.45) is 15.8. The van der Waals surface area contributed by atoms with Crippen LogP contribution >= 0.6 is 0 Å². The molecule has 0 amide bonds. The molecular weight excluding hydrogens is 440 g/mol. The van der Waals surface area contributed by atoms with E-state index in [9.17, 15) is 9.59 Å². The van der Waals surface area contributed by atoms with Gasteiger partial charge in [-0.1, -0.05) is 101 Å². The number of hydrogen-bond donors (Lipinski definition) is 0. The van der Waals surface area contributed by atoms with Gasteiger partial charge in [0.1, 0.15) is 0 Å². The van der Waals surface area contributed by atoms with E-state index >= 15 is 0 Å². The van der Waals surface area contributed by atoms with Gasteiger partial charge in [0, 0.05) is 22.3 Å². The van der Waals surface area contributed by atoms with Gasteiger partial charge in [0.05, 0.1) is 0 Å². The van der Waals surface area contributed by atoms with Crippen LogP contribution in [0.1, 0.15) is 110 Å². The molecule has 0 spiro atoms. The fourth-order valence-corrected chi connectivity index (χ4v) is 7.24. The summed E-state index contributed by atoms with van der Waals surface area (Å²) in [5, 5.41) is 0. The largest absolute Gasteiger partial charge is 0.289 e. The van der Waals surface area contributed by atoms with Gasteiger partial charge >= 0.3 is 0 Å². The maximum Gasteiger partial charge on any atom is 0.190 e. The van der Waals surface area contributed by atoms with Crippen molar-refractivity contribution in [2.75, 3.05) is 0 Å². The van der Waals surface area contributed by atoms with Crippen LogP contribution in [0.5, 0.6) is 0 Å². The quantitative estimate of drug-likeness (QED) is 0.434. The Bertz CT molecular complexity index is 1230. The fraction of sp³-hybridized carbons (Fsp3) is 0.412. The minimum absolute atomic E-state index is 0.0967. The van der Waals surface area contributed by atoms with Crippen LogP contribution in [0.15, 0.2) is 71.8 Å². The Morgan fingerprint density at radius 1 is 0.500 bits per heavy atom.